The molecule has 10 nitrogen and oxygen atoms in total. The van der Waals surface area contributed by atoms with Crippen molar-refractivity contribution < 1.29 is 14.0 Å². The van der Waals surface area contributed by atoms with Gasteiger partial charge in [-0.2, -0.15) is 0 Å². The highest BCUT2D eigenvalue weighted by molar-refractivity contribution is 5.91. The van der Waals surface area contributed by atoms with E-state index in [1.54, 1.807) is 36.3 Å². The number of hydrogen-bond donors (Lipinski definition) is 0. The Bertz CT molecular complexity index is 1220. The van der Waals surface area contributed by atoms with Crippen LogP contribution in [-0.2, 0) is 11.8 Å². The van der Waals surface area contributed by atoms with E-state index < -0.39 is 0 Å². The molecule has 0 radical (unpaired) electrons. The van der Waals surface area contributed by atoms with Crippen molar-refractivity contribution in [3.63, 3.8) is 0 Å². The molecule has 0 aliphatic carbocycles. The number of carbonyl (C=O) groups is 2. The van der Waals surface area contributed by atoms with Crippen molar-refractivity contribution in [3.8, 4) is 0 Å². The zero-order valence-electron chi connectivity index (χ0n) is 18.5. The number of amides is 2. The lowest BCUT2D eigenvalue weighted by molar-refractivity contribution is -0.137. The smallest absolute Gasteiger partial charge is 0.294 e. The maximum absolute atomic E-state index is 13.1. The van der Waals surface area contributed by atoms with Crippen LogP contribution in [0.2, 0.25) is 0 Å². The summed E-state index contributed by atoms with van der Waals surface area (Å²) in [5, 5.41) is 0. The van der Waals surface area contributed by atoms with Crippen molar-refractivity contribution in [2.75, 3.05) is 44.2 Å². The summed E-state index contributed by atoms with van der Waals surface area (Å²) in [5.74, 6) is 0.642. The largest absolute Gasteiger partial charge is 0.459 e. The van der Waals surface area contributed by atoms with E-state index in [0.29, 0.717) is 74.9 Å². The Hall–Kier alpha value is -3.69. The highest BCUT2D eigenvalue weighted by Gasteiger charge is 2.33. The number of rotatable bonds is 3. The number of anilines is 1. The molecule has 0 N–H and O–H groups in total. The van der Waals surface area contributed by atoms with Gasteiger partial charge in [0.15, 0.2) is 17.2 Å². The summed E-state index contributed by atoms with van der Waals surface area (Å²) in [6.07, 6.45) is 4.47. The number of aryl methyl sites for hydroxylation is 1. The van der Waals surface area contributed by atoms with Crippen molar-refractivity contribution in [1.82, 2.24) is 24.3 Å². The molecule has 0 atom stereocenters. The number of furan rings is 1. The minimum absolute atomic E-state index is 0.0837. The molecule has 5 rings (SSSR count). The van der Waals surface area contributed by atoms with Crippen LogP contribution < -0.4 is 10.5 Å². The maximum Gasteiger partial charge on any atom is 0.294 e. The molecule has 2 aliphatic heterocycles. The normalized spacial score (nSPS) is 17.5. The average molecular weight is 450 g/mol. The van der Waals surface area contributed by atoms with Crippen molar-refractivity contribution >= 4 is 28.8 Å². The van der Waals surface area contributed by atoms with Crippen LogP contribution in [0.15, 0.2) is 45.9 Å². The van der Waals surface area contributed by atoms with Gasteiger partial charge in [0.25, 0.3) is 11.5 Å². The monoisotopic (exact) mass is 450 g/mol. The summed E-state index contributed by atoms with van der Waals surface area (Å²) in [7, 11) is 1.70. The maximum atomic E-state index is 13.1. The summed E-state index contributed by atoms with van der Waals surface area (Å²) < 4.78 is 6.72. The number of fused-ring (bicyclic) bond motifs is 1. The molecule has 0 aromatic carbocycles. The Kier molecular flexibility index (Phi) is 5.57. The van der Waals surface area contributed by atoms with Gasteiger partial charge in [-0.3, -0.25) is 19.0 Å². The van der Waals surface area contributed by atoms with Gasteiger partial charge in [0, 0.05) is 58.4 Å². The van der Waals surface area contributed by atoms with Gasteiger partial charge in [-0.1, -0.05) is 0 Å². The van der Waals surface area contributed by atoms with E-state index in [1.807, 2.05) is 15.9 Å². The van der Waals surface area contributed by atoms with E-state index in [2.05, 4.69) is 9.97 Å². The van der Waals surface area contributed by atoms with Crippen LogP contribution >= 0.6 is 0 Å². The van der Waals surface area contributed by atoms with E-state index in [-0.39, 0.29) is 23.3 Å². The number of piperidine rings is 1. The minimum Gasteiger partial charge on any atom is -0.459 e. The van der Waals surface area contributed by atoms with Crippen LogP contribution in [0.3, 0.4) is 0 Å². The first kappa shape index (κ1) is 21.2. The van der Waals surface area contributed by atoms with E-state index in [9.17, 15) is 14.4 Å². The average Bonchev–Trinajstić information content (AvgIpc) is 3.41. The van der Waals surface area contributed by atoms with Crippen molar-refractivity contribution in [2.45, 2.75) is 12.8 Å². The van der Waals surface area contributed by atoms with Gasteiger partial charge < -0.3 is 19.1 Å². The molecule has 0 saturated carbocycles. The number of piperazine rings is 1. The fraction of sp³-hybridized carbons (Fsp3) is 0.435. The van der Waals surface area contributed by atoms with Gasteiger partial charge in [0.2, 0.25) is 5.91 Å². The number of pyridine rings is 1. The third-order valence-corrected chi connectivity index (χ3v) is 6.56. The molecular weight excluding hydrogens is 424 g/mol. The third-order valence-electron chi connectivity index (χ3n) is 6.56. The van der Waals surface area contributed by atoms with Gasteiger partial charge in [-0.15, -0.1) is 0 Å². The zero-order valence-corrected chi connectivity index (χ0v) is 18.5. The molecule has 33 heavy (non-hydrogen) atoms. The summed E-state index contributed by atoms with van der Waals surface area (Å²) in [6, 6.07) is 7.00. The topological polar surface area (TPSA) is 105 Å². The first-order valence-corrected chi connectivity index (χ1v) is 11.2. The van der Waals surface area contributed by atoms with Gasteiger partial charge >= 0.3 is 0 Å². The number of aromatic nitrogens is 3. The predicted molar refractivity (Wildman–Crippen MR) is 121 cm³/mol. The Morgan fingerprint density at radius 1 is 1.00 bits per heavy atom. The highest BCUT2D eigenvalue weighted by atomic mass is 16.3. The van der Waals surface area contributed by atoms with Gasteiger partial charge in [0.05, 0.1) is 6.26 Å². The van der Waals surface area contributed by atoms with E-state index in [4.69, 9.17) is 4.42 Å². The molecule has 0 spiro atoms. The van der Waals surface area contributed by atoms with Crippen LogP contribution in [0.4, 0.5) is 5.82 Å². The molecule has 3 aromatic rings. The second-order valence-electron chi connectivity index (χ2n) is 8.50. The third kappa shape index (κ3) is 3.96. The summed E-state index contributed by atoms with van der Waals surface area (Å²) in [5.41, 5.74) is 1.05. The van der Waals surface area contributed by atoms with E-state index in [1.165, 1.54) is 10.8 Å². The van der Waals surface area contributed by atoms with Crippen LogP contribution in [0.1, 0.15) is 23.4 Å². The molecule has 0 bridgehead atoms. The van der Waals surface area contributed by atoms with Crippen LogP contribution in [-0.4, -0.2) is 75.4 Å². The summed E-state index contributed by atoms with van der Waals surface area (Å²) in [6.45, 7) is 3.23. The molecule has 0 unspecified atom stereocenters. The second-order valence-corrected chi connectivity index (χ2v) is 8.50. The van der Waals surface area contributed by atoms with Gasteiger partial charge in [-0.05, 0) is 37.1 Å². The Labute approximate surface area is 190 Å². The molecule has 5 heterocycles. The minimum atomic E-state index is -0.177. The zero-order chi connectivity index (χ0) is 22.9. The van der Waals surface area contributed by atoms with Crippen LogP contribution in [0.25, 0.3) is 11.2 Å². The Morgan fingerprint density at radius 3 is 2.42 bits per heavy atom. The number of nitrogens with zero attached hydrogens (tertiary/aromatic N) is 6. The van der Waals surface area contributed by atoms with E-state index >= 15 is 0 Å². The lowest BCUT2D eigenvalue weighted by Gasteiger charge is -2.38. The first-order valence-electron chi connectivity index (χ1n) is 11.2. The molecule has 2 saturated heterocycles. The summed E-state index contributed by atoms with van der Waals surface area (Å²) in [4.78, 5) is 52.7. The van der Waals surface area contributed by atoms with Crippen molar-refractivity contribution in [1.29, 1.82) is 0 Å². The fourth-order valence-corrected chi connectivity index (χ4v) is 4.63. The fourth-order valence-electron chi connectivity index (χ4n) is 4.63. The SMILES string of the molecule is Cn1c(=O)c(N2CCC(C(=O)N3CCN(C(=O)c4ccco4)CC3)CC2)nc2cccnc21. The lowest BCUT2D eigenvalue weighted by Crippen LogP contribution is -2.53. The number of hydrogen-bond acceptors (Lipinski definition) is 7. The quantitative estimate of drug-likeness (QED) is 0.589. The Morgan fingerprint density at radius 2 is 1.73 bits per heavy atom. The molecule has 2 fully saturated rings. The van der Waals surface area contributed by atoms with Gasteiger partial charge in [-0.25, -0.2) is 9.97 Å². The summed E-state index contributed by atoms with van der Waals surface area (Å²) >= 11 is 0. The molecule has 2 amide bonds. The molecular formula is C23H26N6O4. The predicted octanol–water partition coefficient (Wildman–Crippen LogP) is 1.12. The highest BCUT2D eigenvalue weighted by Crippen LogP contribution is 2.23. The standard InChI is InChI=1S/C23H26N6O4/c1-26-19-17(4-2-8-24-19)25-20(23(26)32)27-9-6-16(7-10-27)21(30)28-11-13-29(14-12-28)22(31)18-5-3-15-33-18/h2-5,8,15-16H,6-7,9-14H2,1H3. The molecule has 3 aromatic heterocycles. The van der Waals surface area contributed by atoms with Crippen LogP contribution in [0, 0.1) is 5.92 Å². The lowest BCUT2D eigenvalue weighted by atomic mass is 9.95. The van der Waals surface area contributed by atoms with Gasteiger partial charge in [0.1, 0.15) is 5.52 Å². The van der Waals surface area contributed by atoms with E-state index in [0.717, 1.165) is 0 Å². The van der Waals surface area contributed by atoms with Crippen LogP contribution in [0.5, 0.6) is 0 Å². The van der Waals surface area contributed by atoms with Crippen molar-refractivity contribution in [3.05, 3.63) is 52.8 Å². The molecule has 10 heteroatoms. The first-order chi connectivity index (χ1) is 16.0. The van der Waals surface area contributed by atoms with Crippen molar-refractivity contribution in [2.24, 2.45) is 13.0 Å². The number of carbonyl (C=O) groups excluding carboxylic acids is 2. The molecule has 172 valence electrons. The molecule has 2 aliphatic rings. The second kappa shape index (κ2) is 8.68. The Balaban J connectivity index is 1.19.